The number of carbonyl (C=O) groups is 1. The van der Waals surface area contributed by atoms with Crippen LogP contribution in [-0.4, -0.2) is 5.91 Å². The van der Waals surface area contributed by atoms with E-state index < -0.39 is 13.7 Å². The third-order valence-electron chi connectivity index (χ3n) is 4.65. The number of phosphoric acid groups is 1. The number of para-hydroxylation sites is 1. The van der Waals surface area contributed by atoms with Gasteiger partial charge in [-0.25, -0.2) is 0 Å². The summed E-state index contributed by atoms with van der Waals surface area (Å²) in [4.78, 5) is 35.4. The van der Waals surface area contributed by atoms with Crippen molar-refractivity contribution in [2.75, 3.05) is 5.32 Å². The monoisotopic (exact) mass is 451 g/mol. The molecule has 0 unspecified atom stereocenters. The van der Waals surface area contributed by atoms with Crippen LogP contribution in [0.1, 0.15) is 15.9 Å². The maximum atomic E-state index is 12.9. The van der Waals surface area contributed by atoms with E-state index in [1.54, 1.807) is 12.1 Å². The second-order valence-corrected chi connectivity index (χ2v) is 7.78. The SMILES string of the molecule is Cc1ccccc1NC(=O)c1cc2cc3ccccc3cc2cc1OP(=O)([O-])[O-].[Na+].[Na+]. The quantitative estimate of drug-likeness (QED) is 0.215. The van der Waals surface area contributed by atoms with Gasteiger partial charge in [0.05, 0.1) is 5.56 Å². The molecule has 0 aliphatic carbocycles. The first kappa shape index (κ1) is 26.1. The molecule has 0 atom stereocenters. The van der Waals surface area contributed by atoms with E-state index in [2.05, 4.69) is 9.84 Å². The maximum Gasteiger partial charge on any atom is 1.00 e. The Labute approximate surface area is 223 Å². The van der Waals surface area contributed by atoms with Crippen LogP contribution in [0.15, 0.2) is 72.8 Å². The van der Waals surface area contributed by atoms with E-state index >= 15 is 0 Å². The molecule has 4 aromatic carbocycles. The van der Waals surface area contributed by atoms with Crippen LogP contribution in [0.5, 0.6) is 5.75 Å². The Morgan fingerprint density at radius 2 is 1.39 bits per heavy atom. The molecule has 0 saturated heterocycles. The van der Waals surface area contributed by atoms with Gasteiger partial charge in [-0.05, 0) is 64.4 Å². The third kappa shape index (κ3) is 6.20. The molecular weight excluding hydrogens is 435 g/mol. The van der Waals surface area contributed by atoms with Crippen LogP contribution in [0.25, 0.3) is 21.5 Å². The number of rotatable bonds is 4. The summed E-state index contributed by atoms with van der Waals surface area (Å²) in [5.41, 5.74) is 1.38. The van der Waals surface area contributed by atoms with Crippen LogP contribution >= 0.6 is 7.82 Å². The Bertz CT molecular complexity index is 1310. The van der Waals surface area contributed by atoms with E-state index in [4.69, 9.17) is 0 Å². The molecule has 6 nitrogen and oxygen atoms in total. The number of fused-ring (bicyclic) bond motifs is 2. The second-order valence-electron chi connectivity index (χ2n) is 6.70. The first-order chi connectivity index (χ1) is 13.8. The van der Waals surface area contributed by atoms with Gasteiger partial charge in [-0.2, -0.15) is 0 Å². The van der Waals surface area contributed by atoms with E-state index in [-0.39, 0.29) is 70.4 Å². The molecular formula is C22H16NNa2O5P. The summed E-state index contributed by atoms with van der Waals surface area (Å²) in [7, 11) is -5.35. The van der Waals surface area contributed by atoms with Gasteiger partial charge < -0.3 is 24.2 Å². The molecule has 0 fully saturated rings. The van der Waals surface area contributed by atoms with Crippen LogP contribution < -0.4 is 78.7 Å². The smallest absolute Gasteiger partial charge is 0.780 e. The fourth-order valence-corrected chi connectivity index (χ4v) is 3.64. The average Bonchev–Trinajstić information content (AvgIpc) is 2.66. The zero-order valence-electron chi connectivity index (χ0n) is 17.4. The molecule has 146 valence electrons. The molecule has 0 aliphatic rings. The zero-order valence-corrected chi connectivity index (χ0v) is 22.3. The van der Waals surface area contributed by atoms with E-state index in [1.165, 1.54) is 12.1 Å². The van der Waals surface area contributed by atoms with Crippen LogP contribution in [0.4, 0.5) is 5.69 Å². The first-order valence-corrected chi connectivity index (χ1v) is 10.3. The second kappa shape index (κ2) is 10.6. The Kier molecular flexibility index (Phi) is 8.94. The Morgan fingerprint density at radius 1 is 0.839 bits per heavy atom. The van der Waals surface area contributed by atoms with E-state index in [1.807, 2.05) is 55.5 Å². The molecule has 1 amide bonds. The van der Waals surface area contributed by atoms with Gasteiger partial charge in [0.2, 0.25) is 0 Å². The van der Waals surface area contributed by atoms with Crippen LogP contribution in [0.2, 0.25) is 0 Å². The van der Waals surface area contributed by atoms with Crippen molar-refractivity contribution in [3.63, 3.8) is 0 Å². The Balaban J connectivity index is 0.00000171. The number of phosphoric ester groups is 1. The number of carbonyl (C=O) groups excluding carboxylic acids is 1. The molecule has 4 rings (SSSR count). The minimum absolute atomic E-state index is 0. The van der Waals surface area contributed by atoms with E-state index in [9.17, 15) is 19.1 Å². The maximum absolute atomic E-state index is 12.9. The van der Waals surface area contributed by atoms with Gasteiger partial charge in [0, 0.05) is 5.69 Å². The van der Waals surface area contributed by atoms with Crippen molar-refractivity contribution in [2.45, 2.75) is 6.92 Å². The van der Waals surface area contributed by atoms with Crippen LogP contribution in [-0.2, 0) is 4.57 Å². The fraction of sp³-hybridized carbons (Fsp3) is 0.0455. The standard InChI is InChI=1S/C22H18NO5P.2Na/c1-14-6-2-5-9-20(14)23-22(24)19-12-17-10-15-7-3-4-8-16(15)11-18(17)13-21(19)28-29(25,26)27;;/h2-13H,1H3,(H,23,24)(H2,25,26,27);;/q;2*+1/p-2. The average molecular weight is 451 g/mol. The van der Waals surface area contributed by atoms with E-state index in [0.29, 0.717) is 11.1 Å². The largest absolute Gasteiger partial charge is 1.00 e. The fourth-order valence-electron chi connectivity index (χ4n) is 3.25. The van der Waals surface area contributed by atoms with E-state index in [0.717, 1.165) is 21.7 Å². The summed E-state index contributed by atoms with van der Waals surface area (Å²) >= 11 is 0. The molecule has 0 aliphatic heterocycles. The topological polar surface area (TPSA) is 102 Å². The van der Waals surface area contributed by atoms with Gasteiger partial charge in [0.15, 0.2) is 0 Å². The molecule has 4 aromatic rings. The van der Waals surface area contributed by atoms with Crippen molar-refractivity contribution >= 4 is 41.0 Å². The van der Waals surface area contributed by atoms with Gasteiger partial charge in [-0.1, -0.05) is 42.5 Å². The number of amides is 1. The van der Waals surface area contributed by atoms with Crippen molar-refractivity contribution in [3.05, 3.63) is 83.9 Å². The van der Waals surface area contributed by atoms with Crippen LogP contribution in [0, 0.1) is 6.92 Å². The van der Waals surface area contributed by atoms with Crippen molar-refractivity contribution in [2.24, 2.45) is 0 Å². The third-order valence-corrected chi connectivity index (χ3v) is 5.07. The van der Waals surface area contributed by atoms with Crippen LogP contribution in [0.3, 0.4) is 0 Å². The normalized spacial score (nSPS) is 10.8. The Hall–Kier alpha value is -1.18. The Morgan fingerprint density at radius 3 is 1.97 bits per heavy atom. The summed E-state index contributed by atoms with van der Waals surface area (Å²) in [5, 5.41) is 6.02. The number of hydrogen-bond donors (Lipinski definition) is 1. The van der Waals surface area contributed by atoms with Gasteiger partial charge in [-0.15, -0.1) is 0 Å². The summed E-state index contributed by atoms with van der Waals surface area (Å²) in [5.74, 6) is -0.870. The zero-order chi connectivity index (χ0) is 20.6. The molecule has 0 radical (unpaired) electrons. The number of anilines is 1. The van der Waals surface area contributed by atoms with Gasteiger partial charge in [0.1, 0.15) is 13.6 Å². The molecule has 31 heavy (non-hydrogen) atoms. The van der Waals surface area contributed by atoms with Gasteiger partial charge >= 0.3 is 59.1 Å². The summed E-state index contributed by atoms with van der Waals surface area (Å²) in [6.07, 6.45) is 0. The van der Waals surface area contributed by atoms with Crippen molar-refractivity contribution < 1.29 is 82.8 Å². The molecule has 9 heteroatoms. The predicted octanol–water partition coefficient (Wildman–Crippen LogP) is -2.23. The minimum atomic E-state index is -5.35. The molecule has 0 aromatic heterocycles. The summed E-state index contributed by atoms with van der Waals surface area (Å²) in [6, 6.07) is 21.5. The molecule has 0 spiro atoms. The summed E-state index contributed by atoms with van der Waals surface area (Å²) < 4.78 is 15.9. The molecule has 0 saturated carbocycles. The van der Waals surface area contributed by atoms with Gasteiger partial charge in [-0.3, -0.25) is 4.79 Å². The number of aryl methyl sites for hydroxylation is 1. The number of nitrogens with one attached hydrogen (secondary N) is 1. The van der Waals surface area contributed by atoms with Crippen molar-refractivity contribution in [1.29, 1.82) is 0 Å². The molecule has 0 heterocycles. The first-order valence-electron chi connectivity index (χ1n) is 8.85. The molecule has 0 bridgehead atoms. The van der Waals surface area contributed by atoms with Crippen molar-refractivity contribution in [1.82, 2.24) is 0 Å². The minimum Gasteiger partial charge on any atom is -0.780 e. The molecule has 1 N–H and O–H groups in total. The summed E-state index contributed by atoms with van der Waals surface area (Å²) in [6.45, 7) is 1.84. The predicted molar refractivity (Wildman–Crippen MR) is 109 cm³/mol. The number of benzene rings is 4. The van der Waals surface area contributed by atoms with Crippen molar-refractivity contribution in [3.8, 4) is 5.75 Å². The van der Waals surface area contributed by atoms with Gasteiger partial charge in [0.25, 0.3) is 5.91 Å². The number of hydrogen-bond acceptors (Lipinski definition) is 5.